The molecule has 4 aliphatic rings. The van der Waals surface area contributed by atoms with Crippen molar-refractivity contribution < 1.29 is 0 Å². The fourth-order valence-electron chi connectivity index (χ4n) is 3.98. The van der Waals surface area contributed by atoms with Crippen LogP contribution in [0, 0.1) is 23.7 Å². The second kappa shape index (κ2) is 2.62. The zero-order valence-corrected chi connectivity index (χ0v) is 6.55. The molecule has 0 N–H and O–H groups in total. The molecule has 0 aliphatic heterocycles. The Hall–Kier alpha value is 0.217. The van der Waals surface area contributed by atoms with Crippen LogP contribution in [0.5, 0.6) is 0 Å². The van der Waals surface area contributed by atoms with Crippen molar-refractivity contribution in [3.05, 3.63) is 0 Å². The number of hydrogen-bond acceptors (Lipinski definition) is 0. The summed E-state index contributed by atoms with van der Waals surface area (Å²) in [6, 6.07) is 0. The van der Waals surface area contributed by atoms with E-state index in [0.717, 1.165) is 0 Å². The van der Waals surface area contributed by atoms with Crippen LogP contribution in [0.25, 0.3) is 0 Å². The zero-order chi connectivity index (χ0) is 6.55. The molecule has 0 spiro atoms. The molecule has 0 aromatic carbocycles. The van der Waals surface area contributed by atoms with Crippen LogP contribution in [0.3, 0.4) is 0 Å². The second-order valence-corrected chi connectivity index (χ2v) is 4.88. The van der Waals surface area contributed by atoms with Crippen molar-refractivity contribution in [2.24, 2.45) is 23.7 Å². The topological polar surface area (TPSA) is 0 Å². The Labute approximate surface area is 73.8 Å². The summed E-state index contributed by atoms with van der Waals surface area (Å²) in [5.41, 5.74) is 0. The number of rotatable bonds is 0. The van der Waals surface area contributed by atoms with Crippen molar-refractivity contribution in [1.82, 2.24) is 0 Å². The largest absolute Gasteiger partial charge is 0.0475 e. The molecule has 0 unspecified atom stereocenters. The average Bonchev–Trinajstić information content (AvgIpc) is 1.82. The predicted octanol–water partition coefficient (Wildman–Crippen LogP) is 1.38. The molecule has 4 fully saturated rings. The molecule has 4 aliphatic carbocycles. The Bertz CT molecular complexity index is 96.4. The molecule has 4 saturated carbocycles. The normalized spacial score (nSPS) is 52.4. The lowest BCUT2D eigenvalue weighted by Crippen LogP contribution is -2.38. The van der Waals surface area contributed by atoms with Gasteiger partial charge in [0.25, 0.3) is 0 Å². The van der Waals surface area contributed by atoms with Crippen LogP contribution in [0.2, 0.25) is 0 Å². The van der Waals surface area contributed by atoms with E-state index in [4.69, 9.17) is 0 Å². The van der Waals surface area contributed by atoms with Gasteiger partial charge in [0.2, 0.25) is 0 Å². The van der Waals surface area contributed by atoms with E-state index >= 15 is 0 Å². The Balaban J connectivity index is 0.000000480. The van der Waals surface area contributed by atoms with E-state index in [0.29, 0.717) is 0 Å². The summed E-state index contributed by atoms with van der Waals surface area (Å²) in [4.78, 5) is 0. The lowest BCUT2D eigenvalue weighted by Gasteiger charge is -2.49. The van der Waals surface area contributed by atoms with Gasteiger partial charge < -0.3 is 0 Å². The highest BCUT2D eigenvalue weighted by atomic mass is 28.1. The maximum atomic E-state index is 1.60. The van der Waals surface area contributed by atoms with E-state index < -0.39 is 0 Å². The van der Waals surface area contributed by atoms with Crippen LogP contribution in [0.15, 0.2) is 0 Å². The molecule has 0 aromatic heterocycles. The Morgan fingerprint density at radius 2 is 0.636 bits per heavy atom. The van der Waals surface area contributed by atoms with Crippen LogP contribution in [-0.2, 0) is 0 Å². The van der Waals surface area contributed by atoms with Gasteiger partial charge in [-0.15, -0.1) is 0 Å². The quantitative estimate of drug-likeness (QED) is 0.479. The molecule has 0 aromatic rings. The van der Waals surface area contributed by atoms with E-state index in [9.17, 15) is 0 Å². The van der Waals surface area contributed by atoms with Crippen molar-refractivity contribution in [3.8, 4) is 0 Å². The SMILES string of the molecule is C1C2CC3CC1CC(C2)C3.[SiH4]. The minimum Gasteiger partial charge on any atom is -0.0475 e. The fraction of sp³-hybridized carbons (Fsp3) is 1.00. The highest BCUT2D eigenvalue weighted by molar-refractivity contribution is 5.75. The second-order valence-electron chi connectivity index (χ2n) is 4.88. The molecule has 0 radical (unpaired) electrons. The van der Waals surface area contributed by atoms with Gasteiger partial charge in [0.1, 0.15) is 0 Å². The summed E-state index contributed by atoms with van der Waals surface area (Å²) in [6.45, 7) is 0. The first-order valence-electron chi connectivity index (χ1n) is 4.90. The summed E-state index contributed by atoms with van der Waals surface area (Å²) >= 11 is 0. The smallest absolute Gasteiger partial charge is 0.0149 e. The van der Waals surface area contributed by atoms with Crippen molar-refractivity contribution in [2.75, 3.05) is 0 Å². The fourth-order valence-corrected chi connectivity index (χ4v) is 3.98. The average molecular weight is 168 g/mol. The molecular formula is C10H20Si. The third-order valence-corrected chi connectivity index (χ3v) is 4.00. The summed E-state index contributed by atoms with van der Waals surface area (Å²) in [6.07, 6.45) is 9.62. The van der Waals surface area contributed by atoms with Gasteiger partial charge in [-0.2, -0.15) is 0 Å². The molecule has 0 nitrogen and oxygen atoms in total. The van der Waals surface area contributed by atoms with Crippen molar-refractivity contribution in [3.63, 3.8) is 0 Å². The van der Waals surface area contributed by atoms with Crippen LogP contribution in [-0.4, -0.2) is 11.0 Å². The van der Waals surface area contributed by atoms with Gasteiger partial charge in [0.05, 0.1) is 0 Å². The summed E-state index contributed by atoms with van der Waals surface area (Å²) in [5, 5.41) is 0. The molecule has 0 amide bonds. The van der Waals surface area contributed by atoms with Gasteiger partial charge in [-0.1, -0.05) is 0 Å². The standard InChI is InChI=1S/C10H16.H4Si/c1-7-2-9-4-8(1)5-10(3-7)6-9;/h7-10H,1-6H2;1H4. The van der Waals surface area contributed by atoms with Gasteiger partial charge in [-0.3, -0.25) is 0 Å². The summed E-state index contributed by atoms with van der Waals surface area (Å²) in [7, 11) is 0. The van der Waals surface area contributed by atoms with Crippen molar-refractivity contribution in [2.45, 2.75) is 38.5 Å². The van der Waals surface area contributed by atoms with E-state index in [1.165, 1.54) is 23.7 Å². The molecule has 64 valence electrons. The molecule has 0 atom stereocenters. The van der Waals surface area contributed by atoms with E-state index in [1.807, 2.05) is 0 Å². The van der Waals surface area contributed by atoms with E-state index in [2.05, 4.69) is 0 Å². The summed E-state index contributed by atoms with van der Waals surface area (Å²) < 4.78 is 0. The minimum atomic E-state index is 0. The lowest BCUT2D eigenvalue weighted by molar-refractivity contribution is 0.0198. The van der Waals surface area contributed by atoms with Gasteiger partial charge in [0, 0.05) is 0 Å². The monoisotopic (exact) mass is 168 g/mol. The maximum absolute atomic E-state index is 1.60. The molecule has 0 heterocycles. The van der Waals surface area contributed by atoms with Crippen LogP contribution in [0.1, 0.15) is 38.5 Å². The molecule has 4 rings (SSSR count). The van der Waals surface area contributed by atoms with Crippen molar-refractivity contribution in [1.29, 1.82) is 0 Å². The third kappa shape index (κ3) is 1.18. The molecule has 1 heteroatoms. The van der Waals surface area contributed by atoms with Gasteiger partial charge in [-0.05, 0) is 73.2 Å². The predicted molar refractivity (Wildman–Crippen MR) is 53.0 cm³/mol. The minimum absolute atomic E-state index is 0. The highest BCUT2D eigenvalue weighted by Gasteiger charge is 2.41. The zero-order valence-electron chi connectivity index (χ0n) is 6.55. The lowest BCUT2D eigenvalue weighted by atomic mass is 9.56. The van der Waals surface area contributed by atoms with Gasteiger partial charge in [0.15, 0.2) is 0 Å². The maximum Gasteiger partial charge on any atom is -0.0149 e. The first kappa shape index (κ1) is 7.84. The van der Waals surface area contributed by atoms with E-state index in [1.54, 1.807) is 38.5 Å². The van der Waals surface area contributed by atoms with Crippen LogP contribution < -0.4 is 0 Å². The first-order valence-corrected chi connectivity index (χ1v) is 4.90. The van der Waals surface area contributed by atoms with Crippen LogP contribution >= 0.6 is 0 Å². The van der Waals surface area contributed by atoms with Crippen LogP contribution in [0.4, 0.5) is 0 Å². The Kier molecular flexibility index (Phi) is 1.87. The first-order chi connectivity index (χ1) is 4.90. The van der Waals surface area contributed by atoms with Gasteiger partial charge >= 0.3 is 0 Å². The van der Waals surface area contributed by atoms with Gasteiger partial charge in [-0.25, -0.2) is 0 Å². The summed E-state index contributed by atoms with van der Waals surface area (Å²) in [5.74, 6) is 4.71. The molecule has 11 heavy (non-hydrogen) atoms. The highest BCUT2D eigenvalue weighted by Crippen LogP contribution is 2.53. The Morgan fingerprint density at radius 3 is 0.818 bits per heavy atom. The third-order valence-electron chi connectivity index (χ3n) is 4.00. The Morgan fingerprint density at radius 1 is 0.455 bits per heavy atom. The molecule has 4 bridgehead atoms. The molecule has 0 saturated heterocycles. The molecular weight excluding hydrogens is 148 g/mol. The van der Waals surface area contributed by atoms with Crippen molar-refractivity contribution >= 4 is 11.0 Å². The number of hydrogen-bond donors (Lipinski definition) is 0. The van der Waals surface area contributed by atoms with E-state index in [-0.39, 0.29) is 11.0 Å².